The second-order valence-corrected chi connectivity index (χ2v) is 4.28. The Balaban J connectivity index is 2.18. The second-order valence-electron chi connectivity index (χ2n) is 4.28. The molecule has 0 radical (unpaired) electrons. The number of rotatable bonds is 6. The Labute approximate surface area is 121 Å². The zero-order chi connectivity index (χ0) is 15.4. The molecule has 0 unspecified atom stereocenters. The molecule has 6 nitrogen and oxygen atoms in total. The minimum Gasteiger partial charge on any atom is -0.493 e. The summed E-state index contributed by atoms with van der Waals surface area (Å²) >= 11 is 0. The van der Waals surface area contributed by atoms with Gasteiger partial charge in [-0.2, -0.15) is 0 Å². The minimum atomic E-state index is -1.11. The molecule has 2 rings (SSSR count). The molecule has 0 saturated carbocycles. The van der Waals surface area contributed by atoms with Crippen molar-refractivity contribution in [3.05, 3.63) is 41.3 Å². The lowest BCUT2D eigenvalue weighted by Crippen LogP contribution is -1.99. The Morgan fingerprint density at radius 1 is 1.24 bits per heavy atom. The average molecular weight is 292 g/mol. The molecule has 0 aliphatic heterocycles. The molecule has 1 heterocycles. The number of aryl methyl sites for hydroxylation is 1. The number of hydrogen-bond acceptors (Lipinski definition) is 5. The topological polar surface area (TPSA) is 78.1 Å². The van der Waals surface area contributed by atoms with Crippen LogP contribution in [0.3, 0.4) is 0 Å². The van der Waals surface area contributed by atoms with Gasteiger partial charge >= 0.3 is 5.97 Å². The highest BCUT2D eigenvalue weighted by atomic mass is 16.5. The van der Waals surface area contributed by atoms with E-state index in [1.54, 1.807) is 32.2 Å². The highest BCUT2D eigenvalue weighted by molar-refractivity contribution is 5.84. The van der Waals surface area contributed by atoms with Crippen LogP contribution < -0.4 is 14.2 Å². The molecule has 0 aliphatic carbocycles. The summed E-state index contributed by atoms with van der Waals surface area (Å²) in [5.41, 5.74) is 0.664. The largest absolute Gasteiger partial charge is 0.493 e. The number of para-hydroxylation sites is 1. The van der Waals surface area contributed by atoms with E-state index in [0.717, 1.165) is 0 Å². The van der Waals surface area contributed by atoms with Crippen molar-refractivity contribution in [1.82, 2.24) is 0 Å². The summed E-state index contributed by atoms with van der Waals surface area (Å²) in [6, 6.07) is 6.73. The molecule has 1 N–H and O–H groups in total. The van der Waals surface area contributed by atoms with Gasteiger partial charge in [0.2, 0.25) is 11.5 Å². The van der Waals surface area contributed by atoms with E-state index < -0.39 is 5.97 Å². The molecule has 0 atom stereocenters. The minimum absolute atomic E-state index is 0.108. The number of aromatic carboxylic acids is 1. The summed E-state index contributed by atoms with van der Waals surface area (Å²) in [6.45, 7) is 1.86. The van der Waals surface area contributed by atoms with Crippen molar-refractivity contribution in [2.24, 2.45) is 0 Å². The van der Waals surface area contributed by atoms with Gasteiger partial charge in [-0.15, -0.1) is 0 Å². The van der Waals surface area contributed by atoms with E-state index >= 15 is 0 Å². The van der Waals surface area contributed by atoms with E-state index in [-0.39, 0.29) is 12.4 Å². The van der Waals surface area contributed by atoms with Gasteiger partial charge in [-0.05, 0) is 25.1 Å². The van der Waals surface area contributed by atoms with Crippen molar-refractivity contribution >= 4 is 5.97 Å². The second kappa shape index (κ2) is 6.21. The maximum absolute atomic E-state index is 10.9. The van der Waals surface area contributed by atoms with Crippen LogP contribution in [0.15, 0.2) is 28.7 Å². The molecular formula is C15H16O6. The monoisotopic (exact) mass is 292 g/mol. The fourth-order valence-electron chi connectivity index (χ4n) is 1.90. The normalized spacial score (nSPS) is 10.2. The predicted octanol–water partition coefficient (Wildman–Crippen LogP) is 2.88. The Bertz CT molecular complexity index is 644. The van der Waals surface area contributed by atoms with Crippen LogP contribution in [0, 0.1) is 6.92 Å². The van der Waals surface area contributed by atoms with Gasteiger partial charge < -0.3 is 23.7 Å². The van der Waals surface area contributed by atoms with Crippen LogP contribution in [0.2, 0.25) is 0 Å². The first kappa shape index (κ1) is 14.8. The van der Waals surface area contributed by atoms with Crippen molar-refractivity contribution in [2.45, 2.75) is 13.5 Å². The van der Waals surface area contributed by atoms with Gasteiger partial charge in [0, 0.05) is 5.56 Å². The third-order valence-electron chi connectivity index (χ3n) is 2.98. The fraction of sp³-hybridized carbons (Fsp3) is 0.267. The smallest absolute Gasteiger partial charge is 0.371 e. The number of carbonyl (C=O) groups is 1. The number of furan rings is 1. The molecule has 0 spiro atoms. The Kier molecular flexibility index (Phi) is 4.37. The van der Waals surface area contributed by atoms with Gasteiger partial charge in [0.25, 0.3) is 0 Å². The summed E-state index contributed by atoms with van der Waals surface area (Å²) in [5.74, 6) is 0.848. The number of benzene rings is 1. The molecule has 1 aromatic heterocycles. The number of hydrogen-bond donors (Lipinski definition) is 1. The van der Waals surface area contributed by atoms with Crippen LogP contribution >= 0.6 is 0 Å². The van der Waals surface area contributed by atoms with Crippen molar-refractivity contribution < 1.29 is 28.5 Å². The van der Waals surface area contributed by atoms with Gasteiger partial charge in [-0.25, -0.2) is 4.79 Å². The maximum Gasteiger partial charge on any atom is 0.371 e. The SMILES string of the molecule is COc1cccc(OCc2cc(C(=O)O)oc2C)c1OC. The van der Waals surface area contributed by atoms with Gasteiger partial charge in [0.05, 0.1) is 14.2 Å². The Morgan fingerprint density at radius 3 is 2.52 bits per heavy atom. The predicted molar refractivity (Wildman–Crippen MR) is 74.3 cm³/mol. The average Bonchev–Trinajstić information content (AvgIpc) is 2.86. The molecule has 0 aliphatic rings. The van der Waals surface area contributed by atoms with Crippen LogP contribution in [-0.4, -0.2) is 25.3 Å². The zero-order valence-electron chi connectivity index (χ0n) is 12.0. The van der Waals surface area contributed by atoms with Gasteiger partial charge in [0.1, 0.15) is 12.4 Å². The van der Waals surface area contributed by atoms with Crippen molar-refractivity contribution in [3.63, 3.8) is 0 Å². The first-order chi connectivity index (χ1) is 10.1. The molecular weight excluding hydrogens is 276 g/mol. The molecule has 0 saturated heterocycles. The standard InChI is InChI=1S/C15H16O6/c1-9-10(7-13(21-9)15(16)17)8-20-12-6-4-5-11(18-2)14(12)19-3/h4-7H,8H2,1-3H3,(H,16,17). The Hall–Kier alpha value is -2.63. The van der Waals surface area contributed by atoms with Crippen LogP contribution in [0.4, 0.5) is 0 Å². The third kappa shape index (κ3) is 3.10. The molecule has 0 bridgehead atoms. The summed E-state index contributed by atoms with van der Waals surface area (Å²) in [4.78, 5) is 10.9. The summed E-state index contributed by atoms with van der Waals surface area (Å²) < 4.78 is 21.3. The first-order valence-electron chi connectivity index (χ1n) is 6.23. The van der Waals surface area contributed by atoms with Crippen molar-refractivity contribution in [2.75, 3.05) is 14.2 Å². The number of ether oxygens (including phenoxy) is 3. The lowest BCUT2D eigenvalue weighted by atomic mass is 10.2. The highest BCUT2D eigenvalue weighted by Gasteiger charge is 2.15. The summed E-state index contributed by atoms with van der Waals surface area (Å²) in [6.07, 6.45) is 0. The van der Waals surface area contributed by atoms with E-state index in [2.05, 4.69) is 0 Å². The van der Waals surface area contributed by atoms with Crippen LogP contribution in [-0.2, 0) is 6.61 Å². The van der Waals surface area contributed by atoms with Crippen LogP contribution in [0.1, 0.15) is 21.9 Å². The number of methoxy groups -OCH3 is 2. The van der Waals surface area contributed by atoms with Crippen molar-refractivity contribution in [3.8, 4) is 17.2 Å². The summed E-state index contributed by atoms with van der Waals surface area (Å²) in [5, 5.41) is 8.89. The van der Waals surface area contributed by atoms with Crippen LogP contribution in [0.25, 0.3) is 0 Å². The molecule has 0 amide bonds. The highest BCUT2D eigenvalue weighted by Crippen LogP contribution is 2.37. The van der Waals surface area contributed by atoms with E-state index in [0.29, 0.717) is 28.6 Å². The lowest BCUT2D eigenvalue weighted by Gasteiger charge is -2.13. The number of carboxylic acid groups (broad SMARTS) is 1. The van der Waals surface area contributed by atoms with E-state index in [9.17, 15) is 4.79 Å². The molecule has 112 valence electrons. The lowest BCUT2D eigenvalue weighted by molar-refractivity contribution is 0.0661. The molecule has 21 heavy (non-hydrogen) atoms. The van der Waals surface area contributed by atoms with Crippen LogP contribution in [0.5, 0.6) is 17.2 Å². The third-order valence-corrected chi connectivity index (χ3v) is 2.98. The van der Waals surface area contributed by atoms with Gasteiger partial charge in [-0.3, -0.25) is 0 Å². The van der Waals surface area contributed by atoms with Crippen molar-refractivity contribution in [1.29, 1.82) is 0 Å². The maximum atomic E-state index is 10.9. The number of carboxylic acids is 1. The quantitative estimate of drug-likeness (QED) is 0.882. The van der Waals surface area contributed by atoms with E-state index in [4.69, 9.17) is 23.7 Å². The Morgan fingerprint density at radius 2 is 1.95 bits per heavy atom. The summed E-state index contributed by atoms with van der Waals surface area (Å²) in [7, 11) is 3.07. The molecule has 0 fully saturated rings. The van der Waals surface area contributed by atoms with Gasteiger partial charge in [-0.1, -0.05) is 6.07 Å². The first-order valence-corrected chi connectivity index (χ1v) is 6.23. The molecule has 1 aromatic carbocycles. The van der Waals surface area contributed by atoms with E-state index in [1.807, 2.05) is 0 Å². The zero-order valence-corrected chi connectivity index (χ0v) is 12.0. The fourth-order valence-corrected chi connectivity index (χ4v) is 1.90. The molecule has 6 heteroatoms. The van der Waals surface area contributed by atoms with Gasteiger partial charge in [0.15, 0.2) is 11.5 Å². The molecule has 2 aromatic rings. The van der Waals surface area contributed by atoms with E-state index in [1.165, 1.54) is 13.2 Å².